The van der Waals surface area contributed by atoms with Crippen LogP contribution >= 0.6 is 11.3 Å². The van der Waals surface area contributed by atoms with E-state index in [0.29, 0.717) is 18.0 Å². The fourth-order valence-electron chi connectivity index (χ4n) is 1.98. The maximum atomic E-state index is 9.91. The van der Waals surface area contributed by atoms with E-state index in [0.717, 1.165) is 10.6 Å². The minimum absolute atomic E-state index is 0.0166. The summed E-state index contributed by atoms with van der Waals surface area (Å²) in [6, 6.07) is 3.59. The average molecular weight is 308 g/mol. The van der Waals surface area contributed by atoms with Crippen LogP contribution in [0.15, 0.2) is 23.7 Å². The Labute approximate surface area is 128 Å². The van der Waals surface area contributed by atoms with Gasteiger partial charge in [-0.2, -0.15) is 0 Å². The van der Waals surface area contributed by atoms with Crippen molar-refractivity contribution < 1.29 is 14.6 Å². The molecule has 0 fully saturated rings. The monoisotopic (exact) mass is 308 g/mol. The highest BCUT2D eigenvalue weighted by Crippen LogP contribution is 2.37. The predicted molar refractivity (Wildman–Crippen MR) is 83.2 cm³/mol. The van der Waals surface area contributed by atoms with E-state index in [1.165, 1.54) is 14.2 Å². The number of nitrogens with zero attached hydrogens (tertiary/aromatic N) is 1. The van der Waals surface area contributed by atoms with E-state index in [1.807, 2.05) is 5.38 Å². The van der Waals surface area contributed by atoms with E-state index in [2.05, 4.69) is 24.1 Å². The van der Waals surface area contributed by atoms with Crippen molar-refractivity contribution in [1.82, 2.24) is 10.3 Å². The van der Waals surface area contributed by atoms with Crippen LogP contribution in [0.2, 0.25) is 0 Å². The molecule has 0 aliphatic carbocycles. The van der Waals surface area contributed by atoms with Crippen molar-refractivity contribution in [1.29, 1.82) is 0 Å². The van der Waals surface area contributed by atoms with Crippen LogP contribution in [0.5, 0.6) is 17.2 Å². The van der Waals surface area contributed by atoms with Crippen LogP contribution in [0.1, 0.15) is 24.4 Å². The second-order valence-corrected chi connectivity index (χ2v) is 6.06. The van der Waals surface area contributed by atoms with Crippen molar-refractivity contribution in [2.45, 2.75) is 25.9 Å². The van der Waals surface area contributed by atoms with Gasteiger partial charge in [0.15, 0.2) is 11.5 Å². The lowest BCUT2D eigenvalue weighted by atomic mass is 10.1. The third-order valence-corrected chi connectivity index (χ3v) is 4.34. The number of hydrogen-bond acceptors (Lipinski definition) is 6. The van der Waals surface area contributed by atoms with Crippen LogP contribution in [0, 0.1) is 0 Å². The topological polar surface area (TPSA) is 63.6 Å². The molecule has 0 radical (unpaired) electrons. The minimum Gasteiger partial charge on any atom is -0.502 e. The molecule has 0 aliphatic heterocycles. The van der Waals surface area contributed by atoms with Crippen LogP contribution in [0.3, 0.4) is 0 Å². The Hall–Kier alpha value is -1.79. The largest absolute Gasteiger partial charge is 0.502 e. The molecule has 1 aromatic carbocycles. The fourth-order valence-corrected chi connectivity index (χ4v) is 2.72. The Morgan fingerprint density at radius 2 is 1.86 bits per heavy atom. The van der Waals surface area contributed by atoms with E-state index < -0.39 is 0 Å². The number of aromatic hydroxyl groups is 1. The molecule has 0 aliphatic rings. The van der Waals surface area contributed by atoms with E-state index in [4.69, 9.17) is 9.47 Å². The Kier molecular flexibility index (Phi) is 4.69. The molecule has 0 saturated carbocycles. The molecule has 0 bridgehead atoms. The Morgan fingerprint density at radius 3 is 2.33 bits per heavy atom. The molecule has 0 spiro atoms. The highest BCUT2D eigenvalue weighted by atomic mass is 32.1. The van der Waals surface area contributed by atoms with Crippen molar-refractivity contribution in [3.05, 3.63) is 34.3 Å². The third kappa shape index (κ3) is 3.46. The Bertz CT molecular complexity index is 572. The summed E-state index contributed by atoms with van der Waals surface area (Å²) < 4.78 is 10.3. The summed E-state index contributed by atoms with van der Waals surface area (Å²) in [5, 5.41) is 16.4. The number of thiazole rings is 1. The van der Waals surface area contributed by atoms with Crippen molar-refractivity contribution >= 4 is 11.3 Å². The number of methoxy groups -OCH3 is 2. The molecule has 2 N–H and O–H groups in total. The predicted octanol–water partition coefficient (Wildman–Crippen LogP) is 2.89. The summed E-state index contributed by atoms with van der Waals surface area (Å²) in [6.45, 7) is 4.78. The van der Waals surface area contributed by atoms with Gasteiger partial charge < -0.3 is 19.9 Å². The number of phenolic OH excluding ortho intramolecular Hbond substituents is 1. The summed E-state index contributed by atoms with van der Waals surface area (Å²) in [4.78, 5) is 4.35. The highest BCUT2D eigenvalue weighted by Gasteiger charge is 2.22. The summed E-state index contributed by atoms with van der Waals surface area (Å²) in [5.41, 5.74) is 0.734. The molecule has 0 amide bonds. The van der Waals surface area contributed by atoms with Gasteiger partial charge in [0, 0.05) is 18.1 Å². The lowest BCUT2D eigenvalue weighted by molar-refractivity contribution is 0.337. The van der Waals surface area contributed by atoms with Crippen molar-refractivity contribution in [2.24, 2.45) is 0 Å². The minimum atomic E-state index is -0.230. The third-order valence-electron chi connectivity index (χ3n) is 3.24. The number of nitrogens with one attached hydrogen (secondary N) is 1. The first-order chi connectivity index (χ1) is 9.97. The molecule has 2 aromatic rings. The van der Waals surface area contributed by atoms with E-state index in [-0.39, 0.29) is 11.3 Å². The molecule has 2 rings (SSSR count). The van der Waals surface area contributed by atoms with E-state index in [1.54, 1.807) is 29.7 Å². The molecule has 1 aromatic heterocycles. The molecule has 5 nitrogen and oxygen atoms in total. The van der Waals surface area contributed by atoms with Crippen LogP contribution in [-0.4, -0.2) is 24.3 Å². The van der Waals surface area contributed by atoms with Crippen molar-refractivity contribution in [3.8, 4) is 17.2 Å². The first kappa shape index (κ1) is 15.6. The molecule has 0 unspecified atom stereocenters. The van der Waals surface area contributed by atoms with Crippen molar-refractivity contribution in [2.75, 3.05) is 14.2 Å². The van der Waals surface area contributed by atoms with Crippen LogP contribution in [-0.2, 0) is 12.1 Å². The zero-order chi connectivity index (χ0) is 15.5. The van der Waals surface area contributed by atoms with Crippen LogP contribution in [0.25, 0.3) is 0 Å². The molecule has 21 heavy (non-hydrogen) atoms. The van der Waals surface area contributed by atoms with Gasteiger partial charge in [-0.05, 0) is 31.5 Å². The highest BCUT2D eigenvalue weighted by molar-refractivity contribution is 7.09. The normalized spacial score (nSPS) is 11.4. The van der Waals surface area contributed by atoms with Gasteiger partial charge in [0.1, 0.15) is 5.01 Å². The van der Waals surface area contributed by atoms with Crippen LogP contribution < -0.4 is 14.8 Å². The number of hydrogen-bond donors (Lipinski definition) is 2. The lowest BCUT2D eigenvalue weighted by Crippen LogP contribution is -2.35. The summed E-state index contributed by atoms with van der Waals surface area (Å²) in [6.07, 6.45) is 1.80. The van der Waals surface area contributed by atoms with Gasteiger partial charge in [-0.25, -0.2) is 4.98 Å². The van der Waals surface area contributed by atoms with Gasteiger partial charge in [-0.1, -0.05) is 0 Å². The number of aromatic nitrogens is 1. The first-order valence-electron chi connectivity index (χ1n) is 6.57. The number of phenols is 1. The fraction of sp³-hybridized carbons (Fsp3) is 0.400. The van der Waals surface area contributed by atoms with E-state index in [9.17, 15) is 5.11 Å². The number of rotatable bonds is 6. The smallest absolute Gasteiger partial charge is 0.200 e. The van der Waals surface area contributed by atoms with Gasteiger partial charge >= 0.3 is 0 Å². The Balaban J connectivity index is 2.17. The van der Waals surface area contributed by atoms with Gasteiger partial charge in [-0.15, -0.1) is 11.3 Å². The molecule has 114 valence electrons. The first-order valence-corrected chi connectivity index (χ1v) is 7.44. The maximum Gasteiger partial charge on any atom is 0.200 e. The van der Waals surface area contributed by atoms with E-state index >= 15 is 0 Å². The molecular formula is C15H20N2O3S. The zero-order valence-electron chi connectivity index (χ0n) is 12.6. The molecule has 6 heteroatoms. The number of ether oxygens (including phenoxy) is 2. The zero-order valence-corrected chi connectivity index (χ0v) is 13.5. The maximum absolute atomic E-state index is 9.91. The SMILES string of the molecule is COc1cc(CNC(C)(C)c2nccs2)cc(OC)c1O. The molecule has 1 heterocycles. The number of benzene rings is 1. The average Bonchev–Trinajstić information content (AvgIpc) is 3.01. The molecular weight excluding hydrogens is 288 g/mol. The van der Waals surface area contributed by atoms with Crippen LogP contribution in [0.4, 0.5) is 0 Å². The van der Waals surface area contributed by atoms with Gasteiger partial charge in [0.2, 0.25) is 5.75 Å². The Morgan fingerprint density at radius 1 is 1.24 bits per heavy atom. The second kappa shape index (κ2) is 6.32. The molecule has 0 atom stereocenters. The van der Waals surface area contributed by atoms with Gasteiger partial charge in [0.05, 0.1) is 19.8 Å². The summed E-state index contributed by atoms with van der Waals surface area (Å²) in [5.74, 6) is 0.819. The second-order valence-electron chi connectivity index (χ2n) is 5.16. The molecule has 0 saturated heterocycles. The quantitative estimate of drug-likeness (QED) is 0.859. The van der Waals surface area contributed by atoms with Gasteiger partial charge in [-0.3, -0.25) is 0 Å². The summed E-state index contributed by atoms with van der Waals surface area (Å²) >= 11 is 1.62. The summed E-state index contributed by atoms with van der Waals surface area (Å²) in [7, 11) is 3.04. The standard InChI is InChI=1S/C15H20N2O3S/c1-15(2,14-16-5-6-21-14)17-9-10-7-11(19-3)13(18)12(8-10)20-4/h5-8,17-18H,9H2,1-4H3. The van der Waals surface area contributed by atoms with Crippen molar-refractivity contribution in [3.63, 3.8) is 0 Å². The van der Waals surface area contributed by atoms with Gasteiger partial charge in [0.25, 0.3) is 0 Å². The lowest BCUT2D eigenvalue weighted by Gasteiger charge is -2.24.